The molecule has 0 bridgehead atoms. The van der Waals surface area contributed by atoms with Crippen molar-refractivity contribution in [1.29, 1.82) is 0 Å². The van der Waals surface area contributed by atoms with Crippen LogP contribution >= 0.6 is 0 Å². The van der Waals surface area contributed by atoms with E-state index in [0.29, 0.717) is 65.8 Å². The molecular formula is C27H28N4O6. The van der Waals surface area contributed by atoms with Gasteiger partial charge in [-0.3, -0.25) is 9.78 Å². The highest BCUT2D eigenvalue weighted by Gasteiger charge is 2.17. The first-order valence-electron chi connectivity index (χ1n) is 12.0. The van der Waals surface area contributed by atoms with Crippen molar-refractivity contribution >= 4 is 11.6 Å². The van der Waals surface area contributed by atoms with Gasteiger partial charge in [0.1, 0.15) is 17.2 Å². The zero-order valence-electron chi connectivity index (χ0n) is 20.9. The molecule has 10 nitrogen and oxygen atoms in total. The van der Waals surface area contributed by atoms with E-state index >= 15 is 0 Å². The molecule has 1 amide bonds. The first kappa shape index (κ1) is 25.5. The normalized spacial score (nSPS) is 10.6. The Morgan fingerprint density at radius 1 is 0.892 bits per heavy atom. The maximum atomic E-state index is 12.9. The number of rotatable bonds is 12. The molecule has 0 aliphatic heterocycles. The fraction of sp³-hybridized carbons (Fsp3) is 0.259. The van der Waals surface area contributed by atoms with Crippen molar-refractivity contribution in [3.05, 3.63) is 66.7 Å². The molecule has 4 aromatic rings. The van der Waals surface area contributed by atoms with Crippen LogP contribution in [-0.4, -0.2) is 40.9 Å². The van der Waals surface area contributed by atoms with Gasteiger partial charge in [0.15, 0.2) is 11.5 Å². The van der Waals surface area contributed by atoms with Crippen molar-refractivity contribution in [3.8, 4) is 40.3 Å². The largest absolute Gasteiger partial charge is 0.490 e. The Hall–Kier alpha value is -4.60. The number of ether oxygens (including phenoxy) is 4. The number of carbonyl (C=O) groups excluding carboxylic acids is 1. The van der Waals surface area contributed by atoms with Gasteiger partial charge >= 0.3 is 0 Å². The number of hydrogen-bond acceptors (Lipinski definition) is 9. The molecule has 37 heavy (non-hydrogen) atoms. The van der Waals surface area contributed by atoms with Crippen LogP contribution in [0.5, 0.6) is 28.7 Å². The summed E-state index contributed by atoms with van der Waals surface area (Å²) in [5.41, 5.74) is 1.85. The van der Waals surface area contributed by atoms with Gasteiger partial charge in [-0.15, -0.1) is 0 Å². The molecule has 0 unspecified atom stereocenters. The van der Waals surface area contributed by atoms with E-state index in [1.54, 1.807) is 54.7 Å². The maximum Gasteiger partial charge on any atom is 0.228 e. The topological polar surface area (TPSA) is 118 Å². The smallest absolute Gasteiger partial charge is 0.228 e. The highest BCUT2D eigenvalue weighted by Crippen LogP contribution is 2.39. The summed E-state index contributed by atoms with van der Waals surface area (Å²) in [5, 5.41) is 6.70. The second kappa shape index (κ2) is 12.4. The van der Waals surface area contributed by atoms with E-state index in [1.165, 1.54) is 6.39 Å². The van der Waals surface area contributed by atoms with Crippen molar-refractivity contribution in [2.45, 2.75) is 27.2 Å². The third-order valence-corrected chi connectivity index (χ3v) is 5.01. The second-order valence-corrected chi connectivity index (χ2v) is 7.71. The number of benzene rings is 2. The van der Waals surface area contributed by atoms with Crippen LogP contribution in [0, 0.1) is 0 Å². The van der Waals surface area contributed by atoms with Gasteiger partial charge in [-0.1, -0.05) is 11.2 Å². The van der Waals surface area contributed by atoms with Crippen LogP contribution in [0.4, 0.5) is 5.69 Å². The van der Waals surface area contributed by atoms with Crippen LogP contribution < -0.4 is 24.3 Å². The summed E-state index contributed by atoms with van der Waals surface area (Å²) >= 11 is 0. The molecule has 0 radical (unpaired) electrons. The van der Waals surface area contributed by atoms with Crippen molar-refractivity contribution in [3.63, 3.8) is 0 Å². The number of nitrogens with zero attached hydrogens (tertiary/aromatic N) is 3. The lowest BCUT2D eigenvalue weighted by molar-refractivity contribution is -0.115. The van der Waals surface area contributed by atoms with E-state index in [2.05, 4.69) is 20.4 Å². The van der Waals surface area contributed by atoms with Crippen molar-refractivity contribution < 1.29 is 28.3 Å². The molecule has 192 valence electrons. The first-order chi connectivity index (χ1) is 18.1. The molecule has 0 saturated carbocycles. The van der Waals surface area contributed by atoms with Gasteiger partial charge < -0.3 is 28.8 Å². The van der Waals surface area contributed by atoms with Gasteiger partial charge in [0.25, 0.3) is 0 Å². The standard InChI is InChI=1S/C27H28N4O6/c1-4-33-23-12-18(13-24(34-5-2)26(23)35-6-3)14-25(32)30-19-8-7-9-20(15-19)37-21-10-11-28-22(16-21)27-29-17-36-31-27/h7-13,15-17H,4-6,14H2,1-3H3,(H,30,32). The van der Waals surface area contributed by atoms with E-state index in [1.807, 2.05) is 20.8 Å². The lowest BCUT2D eigenvalue weighted by Crippen LogP contribution is -2.15. The molecule has 4 rings (SSSR count). The summed E-state index contributed by atoms with van der Waals surface area (Å²) in [7, 11) is 0. The molecule has 0 atom stereocenters. The summed E-state index contributed by atoms with van der Waals surface area (Å²) in [6.45, 7) is 7.07. The number of pyridine rings is 1. The Balaban J connectivity index is 1.46. The highest BCUT2D eigenvalue weighted by atomic mass is 16.5. The molecule has 2 aromatic carbocycles. The van der Waals surface area contributed by atoms with E-state index in [0.717, 1.165) is 5.56 Å². The Morgan fingerprint density at radius 2 is 1.62 bits per heavy atom. The third kappa shape index (κ3) is 6.75. The maximum absolute atomic E-state index is 12.9. The Labute approximate surface area is 214 Å². The summed E-state index contributed by atoms with van der Waals surface area (Å²) in [6, 6.07) is 14.1. The zero-order chi connectivity index (χ0) is 26.0. The predicted molar refractivity (Wildman–Crippen MR) is 136 cm³/mol. The van der Waals surface area contributed by atoms with E-state index in [9.17, 15) is 4.79 Å². The van der Waals surface area contributed by atoms with E-state index in [4.69, 9.17) is 23.5 Å². The minimum atomic E-state index is -0.200. The molecule has 1 N–H and O–H groups in total. The third-order valence-electron chi connectivity index (χ3n) is 5.01. The minimum absolute atomic E-state index is 0.121. The molecule has 0 spiro atoms. The molecule has 0 aliphatic rings. The summed E-state index contributed by atoms with van der Waals surface area (Å²) in [4.78, 5) is 21.1. The quantitative estimate of drug-likeness (QED) is 0.274. The fourth-order valence-corrected chi connectivity index (χ4v) is 3.59. The lowest BCUT2D eigenvalue weighted by Gasteiger charge is -2.17. The minimum Gasteiger partial charge on any atom is -0.490 e. The monoisotopic (exact) mass is 504 g/mol. The number of aromatic nitrogens is 3. The van der Waals surface area contributed by atoms with Crippen molar-refractivity contribution in [1.82, 2.24) is 15.1 Å². The van der Waals surface area contributed by atoms with Gasteiger partial charge in [0.05, 0.1) is 26.2 Å². The number of anilines is 1. The summed E-state index contributed by atoms with van der Waals surface area (Å²) in [5.74, 6) is 2.88. The van der Waals surface area contributed by atoms with Gasteiger partial charge in [-0.2, -0.15) is 4.98 Å². The molecular weight excluding hydrogens is 476 g/mol. The zero-order valence-corrected chi connectivity index (χ0v) is 20.9. The molecule has 0 saturated heterocycles. The first-order valence-corrected chi connectivity index (χ1v) is 12.0. The Bertz CT molecular complexity index is 1300. The molecule has 2 aromatic heterocycles. The Morgan fingerprint density at radius 3 is 2.30 bits per heavy atom. The second-order valence-electron chi connectivity index (χ2n) is 7.71. The molecule has 10 heteroatoms. The van der Waals surface area contributed by atoms with Crippen LogP contribution in [-0.2, 0) is 11.2 Å². The van der Waals surface area contributed by atoms with Crippen LogP contribution in [0.1, 0.15) is 26.3 Å². The average molecular weight is 505 g/mol. The van der Waals surface area contributed by atoms with Gasteiger partial charge in [-0.05, 0) is 56.7 Å². The number of hydrogen-bond donors (Lipinski definition) is 1. The van der Waals surface area contributed by atoms with Crippen LogP contribution in [0.25, 0.3) is 11.5 Å². The van der Waals surface area contributed by atoms with E-state index < -0.39 is 0 Å². The number of amides is 1. The van der Waals surface area contributed by atoms with Crippen LogP contribution in [0.15, 0.2) is 65.6 Å². The van der Waals surface area contributed by atoms with E-state index in [-0.39, 0.29) is 12.3 Å². The average Bonchev–Trinajstić information content (AvgIpc) is 3.42. The highest BCUT2D eigenvalue weighted by molar-refractivity contribution is 5.92. The molecule has 0 aliphatic carbocycles. The fourth-order valence-electron chi connectivity index (χ4n) is 3.59. The molecule has 0 fully saturated rings. The number of nitrogens with one attached hydrogen (secondary N) is 1. The SMILES string of the molecule is CCOc1cc(CC(=O)Nc2cccc(Oc3ccnc(-c4ncon4)c3)c2)cc(OCC)c1OCC. The van der Waals surface area contributed by atoms with Gasteiger partial charge in [0, 0.05) is 24.0 Å². The summed E-state index contributed by atoms with van der Waals surface area (Å²) in [6.07, 6.45) is 2.95. The van der Waals surface area contributed by atoms with Crippen LogP contribution in [0.2, 0.25) is 0 Å². The number of carbonyl (C=O) groups is 1. The van der Waals surface area contributed by atoms with Crippen LogP contribution in [0.3, 0.4) is 0 Å². The Kier molecular flexibility index (Phi) is 8.53. The molecule has 2 heterocycles. The summed E-state index contributed by atoms with van der Waals surface area (Å²) < 4.78 is 28.0. The van der Waals surface area contributed by atoms with Gasteiger partial charge in [-0.25, -0.2) is 0 Å². The predicted octanol–water partition coefficient (Wildman–Crippen LogP) is 5.30. The van der Waals surface area contributed by atoms with Gasteiger partial charge in [0.2, 0.25) is 23.9 Å². The lowest BCUT2D eigenvalue weighted by atomic mass is 10.1. The van der Waals surface area contributed by atoms with Crippen molar-refractivity contribution in [2.75, 3.05) is 25.1 Å². The van der Waals surface area contributed by atoms with Crippen molar-refractivity contribution in [2.24, 2.45) is 0 Å².